The normalized spacial score (nSPS) is 11.8. The van der Waals surface area contributed by atoms with Gasteiger partial charge in [-0.15, -0.1) is 23.2 Å². The molecule has 0 fully saturated rings. The third-order valence-electron chi connectivity index (χ3n) is 2.89. The Labute approximate surface area is 112 Å². The van der Waals surface area contributed by atoms with E-state index in [1.807, 2.05) is 6.92 Å². The summed E-state index contributed by atoms with van der Waals surface area (Å²) in [7, 11) is 0. The summed E-state index contributed by atoms with van der Waals surface area (Å²) in [5, 5.41) is 0. The van der Waals surface area contributed by atoms with Crippen LogP contribution >= 0.6 is 23.2 Å². The molecule has 0 saturated heterocycles. The summed E-state index contributed by atoms with van der Waals surface area (Å²) in [6, 6.07) is 6.64. The largest absolute Gasteiger partial charge is 0.382 e. The van der Waals surface area contributed by atoms with Crippen LogP contribution < -0.4 is 0 Å². The number of alkyl halides is 2. The molecule has 0 saturated carbocycles. The molecular formula is C13H17Cl2FO. The Morgan fingerprint density at radius 3 is 2.41 bits per heavy atom. The van der Waals surface area contributed by atoms with Crippen molar-refractivity contribution in [2.24, 2.45) is 0 Å². The van der Waals surface area contributed by atoms with E-state index >= 15 is 0 Å². The first kappa shape index (κ1) is 14.7. The van der Waals surface area contributed by atoms with Crippen LogP contribution in [0.3, 0.4) is 0 Å². The standard InChI is InChI=1S/C13H17Cl2FO/c1-2-17-8-7-13(9-14,10-15)11-5-3-4-6-12(11)16/h3-6H,2,7-10H2,1H3. The third-order valence-corrected chi connectivity index (χ3v) is 3.91. The van der Waals surface area contributed by atoms with Crippen LogP contribution in [-0.4, -0.2) is 25.0 Å². The second-order valence-corrected chi connectivity index (χ2v) is 4.51. The minimum Gasteiger partial charge on any atom is -0.382 e. The molecule has 0 aromatic heterocycles. The highest BCUT2D eigenvalue weighted by molar-refractivity contribution is 6.22. The van der Waals surface area contributed by atoms with Gasteiger partial charge in [0, 0.05) is 30.4 Å². The summed E-state index contributed by atoms with van der Waals surface area (Å²) in [4.78, 5) is 0. The summed E-state index contributed by atoms with van der Waals surface area (Å²) < 4.78 is 19.1. The molecule has 0 amide bonds. The van der Waals surface area contributed by atoms with Crippen LogP contribution in [0.1, 0.15) is 18.9 Å². The zero-order chi connectivity index (χ0) is 12.7. The van der Waals surface area contributed by atoms with Gasteiger partial charge < -0.3 is 4.74 Å². The smallest absolute Gasteiger partial charge is 0.127 e. The van der Waals surface area contributed by atoms with Gasteiger partial charge in [0.05, 0.1) is 0 Å². The van der Waals surface area contributed by atoms with E-state index in [0.29, 0.717) is 25.2 Å². The van der Waals surface area contributed by atoms with Crippen LogP contribution in [0.15, 0.2) is 24.3 Å². The van der Waals surface area contributed by atoms with Crippen molar-refractivity contribution in [2.45, 2.75) is 18.8 Å². The Morgan fingerprint density at radius 2 is 1.88 bits per heavy atom. The van der Waals surface area contributed by atoms with Gasteiger partial charge >= 0.3 is 0 Å². The van der Waals surface area contributed by atoms with Gasteiger partial charge in [-0.05, 0) is 25.0 Å². The highest BCUT2D eigenvalue weighted by atomic mass is 35.5. The molecule has 0 aliphatic carbocycles. The molecule has 1 nitrogen and oxygen atoms in total. The van der Waals surface area contributed by atoms with E-state index in [-0.39, 0.29) is 17.6 Å². The molecule has 1 aromatic carbocycles. The highest BCUT2D eigenvalue weighted by Crippen LogP contribution is 2.33. The first-order valence-electron chi connectivity index (χ1n) is 5.65. The molecule has 0 radical (unpaired) electrons. The molecule has 0 unspecified atom stereocenters. The van der Waals surface area contributed by atoms with E-state index in [0.717, 1.165) is 0 Å². The first-order valence-corrected chi connectivity index (χ1v) is 6.72. The maximum Gasteiger partial charge on any atom is 0.127 e. The van der Waals surface area contributed by atoms with Crippen LogP contribution in [0.5, 0.6) is 0 Å². The predicted octanol–water partition coefficient (Wildman–Crippen LogP) is 3.97. The number of hydrogen-bond acceptors (Lipinski definition) is 1. The van der Waals surface area contributed by atoms with Crippen LogP contribution in [0, 0.1) is 5.82 Å². The highest BCUT2D eigenvalue weighted by Gasteiger charge is 2.32. The Hall–Kier alpha value is -0.310. The van der Waals surface area contributed by atoms with E-state index < -0.39 is 5.41 Å². The van der Waals surface area contributed by atoms with Gasteiger partial charge in [-0.25, -0.2) is 4.39 Å². The monoisotopic (exact) mass is 278 g/mol. The number of hydrogen-bond donors (Lipinski definition) is 0. The van der Waals surface area contributed by atoms with Crippen molar-refractivity contribution in [3.8, 4) is 0 Å². The second-order valence-electron chi connectivity index (χ2n) is 3.97. The molecule has 0 aliphatic rings. The van der Waals surface area contributed by atoms with Crippen molar-refractivity contribution in [3.05, 3.63) is 35.6 Å². The third kappa shape index (κ3) is 3.57. The molecule has 17 heavy (non-hydrogen) atoms. The Morgan fingerprint density at radius 1 is 1.24 bits per heavy atom. The van der Waals surface area contributed by atoms with Crippen molar-refractivity contribution in [2.75, 3.05) is 25.0 Å². The minimum atomic E-state index is -0.552. The van der Waals surface area contributed by atoms with E-state index in [1.54, 1.807) is 18.2 Å². The zero-order valence-corrected chi connectivity index (χ0v) is 11.4. The average Bonchev–Trinajstić information content (AvgIpc) is 2.36. The first-order chi connectivity index (χ1) is 8.20. The number of benzene rings is 1. The summed E-state index contributed by atoms with van der Waals surface area (Å²) >= 11 is 12.0. The van der Waals surface area contributed by atoms with E-state index in [1.165, 1.54) is 6.07 Å². The molecule has 4 heteroatoms. The lowest BCUT2D eigenvalue weighted by atomic mass is 9.81. The van der Waals surface area contributed by atoms with E-state index in [4.69, 9.17) is 27.9 Å². The molecule has 0 atom stereocenters. The van der Waals surface area contributed by atoms with Crippen LogP contribution in [0.4, 0.5) is 4.39 Å². The topological polar surface area (TPSA) is 9.23 Å². The molecule has 0 heterocycles. The lowest BCUT2D eigenvalue weighted by molar-refractivity contribution is 0.130. The van der Waals surface area contributed by atoms with Gasteiger partial charge in [0.25, 0.3) is 0 Å². The van der Waals surface area contributed by atoms with E-state index in [2.05, 4.69) is 0 Å². The lowest BCUT2D eigenvalue weighted by Gasteiger charge is -2.30. The summed E-state index contributed by atoms with van der Waals surface area (Å²) in [6.45, 7) is 3.09. The fraction of sp³-hybridized carbons (Fsp3) is 0.538. The lowest BCUT2D eigenvalue weighted by Crippen LogP contribution is -2.33. The number of rotatable bonds is 7. The zero-order valence-electron chi connectivity index (χ0n) is 9.89. The second kappa shape index (κ2) is 7.20. The van der Waals surface area contributed by atoms with Crippen LogP contribution in [0.2, 0.25) is 0 Å². The molecule has 0 aliphatic heterocycles. The van der Waals surface area contributed by atoms with Gasteiger partial charge in [0.15, 0.2) is 0 Å². The van der Waals surface area contributed by atoms with Gasteiger partial charge in [0.1, 0.15) is 5.82 Å². The fourth-order valence-electron chi connectivity index (χ4n) is 1.75. The Bertz CT molecular complexity index is 340. The van der Waals surface area contributed by atoms with Gasteiger partial charge in [-0.1, -0.05) is 18.2 Å². The summed E-state index contributed by atoms with van der Waals surface area (Å²) in [6.07, 6.45) is 0.620. The van der Waals surface area contributed by atoms with Crippen molar-refractivity contribution in [3.63, 3.8) is 0 Å². The number of halogens is 3. The SMILES string of the molecule is CCOCCC(CCl)(CCl)c1ccccc1F. The summed E-state index contributed by atoms with van der Waals surface area (Å²) in [5.41, 5.74) is 0.0218. The van der Waals surface area contributed by atoms with Gasteiger partial charge in [-0.3, -0.25) is 0 Å². The van der Waals surface area contributed by atoms with Crippen molar-refractivity contribution >= 4 is 23.2 Å². The Balaban J connectivity index is 2.94. The van der Waals surface area contributed by atoms with E-state index in [9.17, 15) is 4.39 Å². The average molecular weight is 279 g/mol. The maximum absolute atomic E-state index is 13.8. The Kier molecular flexibility index (Phi) is 6.24. The molecule has 0 spiro atoms. The number of ether oxygens (including phenoxy) is 1. The molecule has 0 bridgehead atoms. The molecule has 96 valence electrons. The quantitative estimate of drug-likeness (QED) is 0.542. The minimum absolute atomic E-state index is 0.259. The van der Waals surface area contributed by atoms with Crippen molar-refractivity contribution < 1.29 is 9.13 Å². The fourth-order valence-corrected chi connectivity index (χ4v) is 2.59. The van der Waals surface area contributed by atoms with Crippen LogP contribution in [-0.2, 0) is 10.2 Å². The van der Waals surface area contributed by atoms with Gasteiger partial charge in [0.2, 0.25) is 0 Å². The van der Waals surface area contributed by atoms with Gasteiger partial charge in [-0.2, -0.15) is 0 Å². The summed E-state index contributed by atoms with van der Waals surface area (Å²) in [5.74, 6) is 0.306. The molecule has 1 rings (SSSR count). The molecule has 1 aromatic rings. The van der Waals surface area contributed by atoms with Crippen molar-refractivity contribution in [1.29, 1.82) is 0 Å². The molecular weight excluding hydrogens is 262 g/mol. The molecule has 0 N–H and O–H groups in total. The van der Waals surface area contributed by atoms with Crippen LogP contribution in [0.25, 0.3) is 0 Å². The van der Waals surface area contributed by atoms with Crippen molar-refractivity contribution in [1.82, 2.24) is 0 Å². The predicted molar refractivity (Wildman–Crippen MR) is 70.6 cm³/mol. The maximum atomic E-state index is 13.8.